The summed E-state index contributed by atoms with van der Waals surface area (Å²) in [6.45, 7) is 1.68. The van der Waals surface area contributed by atoms with Crippen LogP contribution >= 0.6 is 34.8 Å². The van der Waals surface area contributed by atoms with E-state index in [9.17, 15) is 4.79 Å². The minimum Gasteiger partial charge on any atom is -0.491 e. The second-order valence-corrected chi connectivity index (χ2v) is 6.44. The molecule has 0 aliphatic heterocycles. The highest BCUT2D eigenvalue weighted by Gasteiger charge is 2.13. The molecule has 0 heterocycles. The van der Waals surface area contributed by atoms with Gasteiger partial charge in [-0.25, -0.2) is 0 Å². The van der Waals surface area contributed by atoms with E-state index in [1.807, 2.05) is 6.07 Å². The average Bonchev–Trinajstić information content (AvgIpc) is 2.59. The fourth-order valence-electron chi connectivity index (χ4n) is 1.89. The maximum absolute atomic E-state index is 11.6. The summed E-state index contributed by atoms with van der Waals surface area (Å²) >= 11 is 18.0. The van der Waals surface area contributed by atoms with Gasteiger partial charge >= 0.3 is 0 Å². The van der Waals surface area contributed by atoms with Gasteiger partial charge in [-0.1, -0.05) is 34.8 Å². The molecule has 0 amide bonds. The molecule has 2 aromatic rings. The molecule has 130 valence electrons. The van der Waals surface area contributed by atoms with Crippen molar-refractivity contribution in [3.63, 3.8) is 0 Å². The molecule has 0 N–H and O–H groups in total. The van der Waals surface area contributed by atoms with E-state index in [1.54, 1.807) is 43.3 Å². The maximum Gasteiger partial charge on any atom is 0.153 e. The Balaban J connectivity index is 2.04. The number of carbonyl (C=O) groups excluding carboxylic acids is 1. The first-order valence-electron chi connectivity index (χ1n) is 7.38. The quantitative estimate of drug-likeness (QED) is 0.579. The number of hydrogen-bond acceptors (Lipinski definition) is 4. The van der Waals surface area contributed by atoms with Crippen LogP contribution in [0, 0.1) is 17.2 Å². The van der Waals surface area contributed by atoms with Crippen LogP contribution in [0.2, 0.25) is 15.1 Å². The van der Waals surface area contributed by atoms with Crippen LogP contribution in [0.15, 0.2) is 36.4 Å². The third-order valence-electron chi connectivity index (χ3n) is 3.31. The lowest BCUT2D eigenvalue weighted by molar-refractivity contribution is -0.121. The van der Waals surface area contributed by atoms with Gasteiger partial charge in [-0.2, -0.15) is 5.26 Å². The van der Waals surface area contributed by atoms with Gasteiger partial charge in [0.25, 0.3) is 0 Å². The van der Waals surface area contributed by atoms with Crippen LogP contribution in [0.25, 0.3) is 0 Å². The lowest BCUT2D eigenvalue weighted by Gasteiger charge is -2.12. The van der Waals surface area contributed by atoms with E-state index >= 15 is 0 Å². The molecule has 0 fully saturated rings. The summed E-state index contributed by atoms with van der Waals surface area (Å²) in [5.74, 6) is 0.458. The van der Waals surface area contributed by atoms with E-state index in [-0.39, 0.29) is 18.8 Å². The third kappa shape index (κ3) is 5.54. The van der Waals surface area contributed by atoms with Crippen molar-refractivity contribution in [2.24, 2.45) is 5.92 Å². The van der Waals surface area contributed by atoms with Gasteiger partial charge in [0.1, 0.15) is 23.2 Å². The van der Waals surface area contributed by atoms with Crippen LogP contribution in [0.3, 0.4) is 0 Å². The highest BCUT2D eigenvalue weighted by atomic mass is 35.5. The lowest BCUT2D eigenvalue weighted by Crippen LogP contribution is -2.13. The highest BCUT2D eigenvalue weighted by molar-refractivity contribution is 6.35. The third-order valence-corrected chi connectivity index (χ3v) is 4.15. The number of benzene rings is 2. The standard InChI is InChI=1S/C18H14Cl3NO3/c1-11(10-22)16(23)6-7-24-18-9-13(3-4-14(18)20)25-17-5-2-12(19)8-15(17)21/h2-5,8-9,11H,6-7H2,1H3. The Kier molecular flexibility index (Phi) is 6.95. The minimum atomic E-state index is -0.652. The molecule has 25 heavy (non-hydrogen) atoms. The van der Waals surface area contributed by atoms with E-state index in [0.717, 1.165) is 0 Å². The smallest absolute Gasteiger partial charge is 0.153 e. The van der Waals surface area contributed by atoms with Crippen molar-refractivity contribution < 1.29 is 14.3 Å². The summed E-state index contributed by atoms with van der Waals surface area (Å²) in [7, 11) is 0. The number of ether oxygens (including phenoxy) is 2. The Bertz CT molecular complexity index is 818. The van der Waals surface area contributed by atoms with Gasteiger partial charge in [0.15, 0.2) is 5.78 Å². The summed E-state index contributed by atoms with van der Waals surface area (Å²) in [4.78, 5) is 11.6. The maximum atomic E-state index is 11.6. The summed E-state index contributed by atoms with van der Waals surface area (Å²) in [5, 5.41) is 9.98. The first-order valence-corrected chi connectivity index (χ1v) is 8.51. The van der Waals surface area contributed by atoms with Gasteiger partial charge in [-0.3, -0.25) is 4.79 Å². The van der Waals surface area contributed by atoms with Gasteiger partial charge < -0.3 is 9.47 Å². The van der Waals surface area contributed by atoms with Crippen LogP contribution in [0.4, 0.5) is 0 Å². The van der Waals surface area contributed by atoms with Gasteiger partial charge in [-0.05, 0) is 37.3 Å². The summed E-state index contributed by atoms with van der Waals surface area (Å²) in [6, 6.07) is 11.7. The molecule has 4 nitrogen and oxygen atoms in total. The van der Waals surface area contributed by atoms with Crippen molar-refractivity contribution in [3.05, 3.63) is 51.5 Å². The number of Topliss-reactive ketones (excluding diaryl/α,β-unsaturated/α-hetero) is 1. The van der Waals surface area contributed by atoms with E-state index in [1.165, 1.54) is 0 Å². The van der Waals surface area contributed by atoms with Gasteiger partial charge in [-0.15, -0.1) is 0 Å². The molecule has 0 saturated carbocycles. The Hall–Kier alpha value is -1.93. The van der Waals surface area contributed by atoms with Gasteiger partial charge in [0.05, 0.1) is 22.7 Å². The number of carbonyl (C=O) groups is 1. The van der Waals surface area contributed by atoms with Crippen LogP contribution in [-0.2, 0) is 4.79 Å². The first-order chi connectivity index (χ1) is 11.9. The predicted molar refractivity (Wildman–Crippen MR) is 97.9 cm³/mol. The van der Waals surface area contributed by atoms with Crippen molar-refractivity contribution in [3.8, 4) is 23.3 Å². The Morgan fingerprint density at radius 3 is 2.56 bits per heavy atom. The zero-order valence-electron chi connectivity index (χ0n) is 13.3. The molecule has 0 saturated heterocycles. The predicted octanol–water partition coefficient (Wildman–Crippen LogP) is 5.94. The molecule has 1 unspecified atom stereocenters. The molecule has 2 aromatic carbocycles. The molecule has 0 aliphatic rings. The van der Waals surface area contributed by atoms with Crippen LogP contribution in [0.1, 0.15) is 13.3 Å². The monoisotopic (exact) mass is 397 g/mol. The summed E-state index contributed by atoms with van der Waals surface area (Å²) in [5.41, 5.74) is 0. The zero-order chi connectivity index (χ0) is 18.4. The molecular weight excluding hydrogens is 385 g/mol. The number of nitrogens with zero attached hydrogens (tertiary/aromatic N) is 1. The SMILES string of the molecule is CC(C#N)C(=O)CCOc1cc(Oc2ccc(Cl)cc2Cl)ccc1Cl. The Morgan fingerprint density at radius 2 is 1.88 bits per heavy atom. The number of nitriles is 1. The van der Waals surface area contributed by atoms with Crippen molar-refractivity contribution >= 4 is 40.6 Å². The van der Waals surface area contributed by atoms with Crippen molar-refractivity contribution in [1.82, 2.24) is 0 Å². The summed E-state index contributed by atoms with van der Waals surface area (Å²) < 4.78 is 11.2. The second kappa shape index (κ2) is 8.96. The van der Waals surface area contributed by atoms with E-state index < -0.39 is 5.92 Å². The lowest BCUT2D eigenvalue weighted by atomic mass is 10.1. The molecule has 0 aliphatic carbocycles. The van der Waals surface area contributed by atoms with Crippen molar-refractivity contribution in [2.75, 3.05) is 6.61 Å². The normalized spacial score (nSPS) is 11.5. The fourth-order valence-corrected chi connectivity index (χ4v) is 2.51. The number of hydrogen-bond donors (Lipinski definition) is 0. The molecule has 0 spiro atoms. The highest BCUT2D eigenvalue weighted by Crippen LogP contribution is 2.35. The van der Waals surface area contributed by atoms with Gasteiger partial charge in [0.2, 0.25) is 0 Å². The van der Waals surface area contributed by atoms with Crippen LogP contribution in [0.5, 0.6) is 17.2 Å². The fraction of sp³-hybridized carbons (Fsp3) is 0.222. The largest absolute Gasteiger partial charge is 0.491 e. The van der Waals surface area contributed by atoms with E-state index in [4.69, 9.17) is 49.5 Å². The van der Waals surface area contributed by atoms with Crippen LogP contribution in [-0.4, -0.2) is 12.4 Å². The molecule has 0 radical (unpaired) electrons. The molecule has 0 bridgehead atoms. The molecule has 7 heteroatoms. The first kappa shape index (κ1) is 19.4. The minimum absolute atomic E-state index is 0.121. The van der Waals surface area contributed by atoms with Crippen molar-refractivity contribution in [2.45, 2.75) is 13.3 Å². The molecular formula is C18H14Cl3NO3. The topological polar surface area (TPSA) is 59.3 Å². The number of ketones is 1. The van der Waals surface area contributed by atoms with Gasteiger partial charge in [0, 0.05) is 17.5 Å². The Morgan fingerprint density at radius 1 is 1.12 bits per heavy atom. The van der Waals surface area contributed by atoms with E-state index in [0.29, 0.717) is 32.3 Å². The summed E-state index contributed by atoms with van der Waals surface area (Å²) in [6.07, 6.45) is 0.124. The second-order valence-electron chi connectivity index (χ2n) is 5.18. The number of halogens is 3. The van der Waals surface area contributed by atoms with Crippen LogP contribution < -0.4 is 9.47 Å². The Labute approximate surface area is 160 Å². The van der Waals surface area contributed by atoms with Crippen molar-refractivity contribution in [1.29, 1.82) is 5.26 Å². The zero-order valence-corrected chi connectivity index (χ0v) is 15.5. The average molecular weight is 399 g/mol. The number of rotatable bonds is 7. The van der Waals surface area contributed by atoms with E-state index in [2.05, 4.69) is 0 Å². The molecule has 1 atom stereocenters. The molecule has 0 aromatic heterocycles. The molecule has 2 rings (SSSR count).